The number of carboxylic acid groups (broad SMARTS) is 1. The number of piperidine rings is 1. The molecule has 0 saturated carbocycles. The van der Waals surface area contributed by atoms with Crippen LogP contribution in [0.4, 0.5) is 0 Å². The van der Waals surface area contributed by atoms with E-state index in [0.717, 1.165) is 13.0 Å². The molecule has 0 aromatic heterocycles. The van der Waals surface area contributed by atoms with Crippen LogP contribution in [0.3, 0.4) is 0 Å². The van der Waals surface area contributed by atoms with Crippen LogP contribution in [0.25, 0.3) is 0 Å². The van der Waals surface area contributed by atoms with Gasteiger partial charge in [-0.05, 0) is 52.0 Å². The minimum atomic E-state index is -0.944. The van der Waals surface area contributed by atoms with Crippen molar-refractivity contribution < 1.29 is 14.7 Å². The highest BCUT2D eigenvalue weighted by molar-refractivity contribution is 5.83. The van der Waals surface area contributed by atoms with E-state index in [4.69, 9.17) is 5.11 Å². The van der Waals surface area contributed by atoms with Gasteiger partial charge in [-0.25, -0.2) is 4.79 Å². The average molecular weight is 312 g/mol. The van der Waals surface area contributed by atoms with Crippen LogP contribution >= 0.6 is 0 Å². The summed E-state index contributed by atoms with van der Waals surface area (Å²) >= 11 is 0. The third kappa shape index (κ3) is 6.34. The maximum atomic E-state index is 12.0. The van der Waals surface area contributed by atoms with Crippen molar-refractivity contribution in [2.45, 2.75) is 84.3 Å². The van der Waals surface area contributed by atoms with Crippen LogP contribution < -0.4 is 5.32 Å². The second-order valence-electron chi connectivity index (χ2n) is 7.06. The molecule has 2 N–H and O–H groups in total. The number of carbonyl (C=O) groups is 2. The first-order valence-corrected chi connectivity index (χ1v) is 8.59. The summed E-state index contributed by atoms with van der Waals surface area (Å²) in [4.78, 5) is 25.6. The van der Waals surface area contributed by atoms with Gasteiger partial charge in [0.05, 0.1) is 0 Å². The predicted octanol–water partition coefficient (Wildman–Crippen LogP) is 2.65. The molecule has 3 atom stereocenters. The molecule has 1 aliphatic heterocycles. The zero-order valence-corrected chi connectivity index (χ0v) is 14.5. The number of nitrogens with one attached hydrogen (secondary N) is 1. The average Bonchev–Trinajstić information content (AvgIpc) is 2.40. The Bertz CT molecular complexity index is 361. The van der Waals surface area contributed by atoms with E-state index in [9.17, 15) is 9.59 Å². The maximum Gasteiger partial charge on any atom is 0.326 e. The molecule has 5 heteroatoms. The van der Waals surface area contributed by atoms with Gasteiger partial charge < -0.3 is 10.4 Å². The Morgan fingerprint density at radius 3 is 2.32 bits per heavy atom. The summed E-state index contributed by atoms with van der Waals surface area (Å²) < 4.78 is 0. The fraction of sp³-hybridized carbons (Fsp3) is 0.882. The van der Waals surface area contributed by atoms with Crippen molar-refractivity contribution in [2.75, 3.05) is 6.54 Å². The smallest absolute Gasteiger partial charge is 0.326 e. The number of rotatable bonds is 8. The molecule has 1 amide bonds. The Morgan fingerprint density at radius 1 is 1.23 bits per heavy atom. The summed E-state index contributed by atoms with van der Waals surface area (Å²) in [6.45, 7) is 9.33. The summed E-state index contributed by atoms with van der Waals surface area (Å²) in [5, 5.41) is 11.8. The lowest BCUT2D eigenvalue weighted by atomic mass is 9.97. The summed E-state index contributed by atoms with van der Waals surface area (Å²) in [6.07, 6.45) is 5.40. The maximum absolute atomic E-state index is 12.0. The Hall–Kier alpha value is -1.10. The number of aliphatic carboxylic acids is 1. The van der Waals surface area contributed by atoms with Crippen molar-refractivity contribution in [1.82, 2.24) is 10.2 Å². The Kier molecular flexibility index (Phi) is 7.87. The van der Waals surface area contributed by atoms with E-state index in [2.05, 4.69) is 24.1 Å². The SMILES string of the molecule is CC(C)CC(NC(=O)CCCN1C(C)CCCC1C)C(=O)O. The zero-order valence-electron chi connectivity index (χ0n) is 14.5. The predicted molar refractivity (Wildman–Crippen MR) is 87.7 cm³/mol. The van der Waals surface area contributed by atoms with Crippen LogP contribution in [0.1, 0.15) is 66.2 Å². The third-order valence-electron chi connectivity index (χ3n) is 4.54. The minimum Gasteiger partial charge on any atom is -0.480 e. The molecule has 0 spiro atoms. The van der Waals surface area contributed by atoms with E-state index in [-0.39, 0.29) is 11.8 Å². The molecule has 3 unspecified atom stereocenters. The molecule has 0 radical (unpaired) electrons. The normalized spacial score (nSPS) is 24.2. The summed E-state index contributed by atoms with van der Waals surface area (Å²) in [5.41, 5.74) is 0. The lowest BCUT2D eigenvalue weighted by Crippen LogP contribution is -2.45. The van der Waals surface area contributed by atoms with Gasteiger partial charge in [-0.3, -0.25) is 9.69 Å². The van der Waals surface area contributed by atoms with Gasteiger partial charge in [0.15, 0.2) is 0 Å². The zero-order chi connectivity index (χ0) is 16.7. The molecular formula is C17H32N2O3. The Balaban J connectivity index is 2.34. The molecule has 0 aliphatic carbocycles. The van der Waals surface area contributed by atoms with E-state index < -0.39 is 12.0 Å². The van der Waals surface area contributed by atoms with Crippen LogP contribution in [0.2, 0.25) is 0 Å². The van der Waals surface area contributed by atoms with E-state index in [1.807, 2.05) is 13.8 Å². The van der Waals surface area contributed by atoms with Gasteiger partial charge in [0.1, 0.15) is 6.04 Å². The van der Waals surface area contributed by atoms with Gasteiger partial charge in [-0.1, -0.05) is 20.3 Å². The fourth-order valence-electron chi connectivity index (χ4n) is 3.30. The molecule has 0 aromatic rings. The first-order chi connectivity index (χ1) is 10.3. The number of hydrogen-bond donors (Lipinski definition) is 2. The topological polar surface area (TPSA) is 69.6 Å². The van der Waals surface area contributed by atoms with Crippen molar-refractivity contribution in [2.24, 2.45) is 5.92 Å². The monoisotopic (exact) mass is 312 g/mol. The van der Waals surface area contributed by atoms with Gasteiger partial charge in [0, 0.05) is 18.5 Å². The van der Waals surface area contributed by atoms with E-state index in [1.54, 1.807) is 0 Å². The molecule has 5 nitrogen and oxygen atoms in total. The molecule has 0 bridgehead atoms. The van der Waals surface area contributed by atoms with Crippen LogP contribution in [0.15, 0.2) is 0 Å². The number of carbonyl (C=O) groups excluding carboxylic acids is 1. The number of hydrogen-bond acceptors (Lipinski definition) is 3. The Labute approximate surface area is 134 Å². The van der Waals surface area contributed by atoms with E-state index >= 15 is 0 Å². The van der Waals surface area contributed by atoms with Crippen LogP contribution in [-0.2, 0) is 9.59 Å². The highest BCUT2D eigenvalue weighted by Crippen LogP contribution is 2.22. The summed E-state index contributed by atoms with van der Waals surface area (Å²) in [6, 6.07) is 0.402. The molecule has 1 saturated heterocycles. The second kappa shape index (κ2) is 9.13. The second-order valence-corrected chi connectivity index (χ2v) is 7.06. The lowest BCUT2D eigenvalue weighted by molar-refractivity contribution is -0.142. The molecule has 1 heterocycles. The summed E-state index contributed by atoms with van der Waals surface area (Å²) in [7, 11) is 0. The number of nitrogens with zero attached hydrogens (tertiary/aromatic N) is 1. The van der Waals surface area contributed by atoms with Crippen LogP contribution in [0, 0.1) is 5.92 Å². The van der Waals surface area contributed by atoms with Crippen molar-refractivity contribution in [3.05, 3.63) is 0 Å². The van der Waals surface area contributed by atoms with Crippen molar-refractivity contribution in [3.8, 4) is 0 Å². The molecule has 1 aliphatic rings. The standard InChI is InChI=1S/C17H32N2O3/c1-12(2)11-15(17(21)22)18-16(20)9-6-10-19-13(3)7-5-8-14(19)4/h12-15H,5-11H2,1-4H3,(H,18,20)(H,21,22). The third-order valence-corrected chi connectivity index (χ3v) is 4.54. The number of carboxylic acids is 1. The largest absolute Gasteiger partial charge is 0.480 e. The summed E-state index contributed by atoms with van der Waals surface area (Å²) in [5.74, 6) is -0.845. The van der Waals surface area contributed by atoms with Gasteiger partial charge in [-0.2, -0.15) is 0 Å². The van der Waals surface area contributed by atoms with Crippen molar-refractivity contribution in [3.63, 3.8) is 0 Å². The van der Waals surface area contributed by atoms with Gasteiger partial charge in [0.2, 0.25) is 5.91 Å². The molecule has 1 rings (SSSR count). The highest BCUT2D eigenvalue weighted by Gasteiger charge is 2.25. The first-order valence-electron chi connectivity index (χ1n) is 8.59. The molecule has 0 aromatic carbocycles. The molecular weight excluding hydrogens is 280 g/mol. The molecule has 1 fully saturated rings. The fourth-order valence-corrected chi connectivity index (χ4v) is 3.30. The van der Waals surface area contributed by atoms with E-state index in [0.29, 0.717) is 24.9 Å². The molecule has 22 heavy (non-hydrogen) atoms. The van der Waals surface area contributed by atoms with Gasteiger partial charge in [-0.15, -0.1) is 0 Å². The minimum absolute atomic E-state index is 0.148. The number of amides is 1. The van der Waals surface area contributed by atoms with Crippen LogP contribution in [0.5, 0.6) is 0 Å². The van der Waals surface area contributed by atoms with Crippen LogP contribution in [-0.4, -0.2) is 46.6 Å². The highest BCUT2D eigenvalue weighted by atomic mass is 16.4. The number of likely N-dealkylation sites (tertiary alicyclic amines) is 1. The van der Waals surface area contributed by atoms with E-state index in [1.165, 1.54) is 19.3 Å². The molecule has 128 valence electrons. The van der Waals surface area contributed by atoms with Gasteiger partial charge >= 0.3 is 5.97 Å². The first kappa shape index (κ1) is 18.9. The Morgan fingerprint density at radius 2 is 1.82 bits per heavy atom. The quantitative estimate of drug-likeness (QED) is 0.723. The van der Waals surface area contributed by atoms with Crippen molar-refractivity contribution >= 4 is 11.9 Å². The van der Waals surface area contributed by atoms with Gasteiger partial charge in [0.25, 0.3) is 0 Å². The van der Waals surface area contributed by atoms with Crippen molar-refractivity contribution in [1.29, 1.82) is 0 Å². The lowest BCUT2D eigenvalue weighted by Gasteiger charge is -2.39.